The fourth-order valence-corrected chi connectivity index (χ4v) is 6.59. The number of rotatable bonds is 18. The van der Waals surface area contributed by atoms with E-state index in [4.69, 9.17) is 27.6 Å². The van der Waals surface area contributed by atoms with Crippen LogP contribution < -0.4 is 25.8 Å². The predicted octanol–water partition coefficient (Wildman–Crippen LogP) is 3.27. The van der Waals surface area contributed by atoms with Gasteiger partial charge in [-0.25, -0.2) is 31.9 Å². The van der Waals surface area contributed by atoms with Crippen LogP contribution in [0.1, 0.15) is 96.2 Å². The van der Waals surface area contributed by atoms with Crippen LogP contribution in [0.2, 0.25) is 0 Å². The number of benzene rings is 2. The smallest absolute Gasteiger partial charge is 0.534 e. The third-order valence-electron chi connectivity index (χ3n) is 9.61. The van der Waals surface area contributed by atoms with Crippen molar-refractivity contribution in [1.82, 2.24) is 10.6 Å². The van der Waals surface area contributed by atoms with Gasteiger partial charge in [0.1, 0.15) is 22.6 Å². The van der Waals surface area contributed by atoms with Crippen LogP contribution in [0.4, 0.5) is 17.6 Å². The molecule has 328 valence electrons. The van der Waals surface area contributed by atoms with Gasteiger partial charge < -0.3 is 53.0 Å². The van der Waals surface area contributed by atoms with Gasteiger partial charge in [-0.05, 0) is 55.4 Å². The third kappa shape index (κ3) is 13.1. The Balaban J connectivity index is 1.08. The average molecular weight is 864 g/mol. The average Bonchev–Trinajstić information content (AvgIpc) is 3.52. The molecule has 5 rings (SSSR count). The summed E-state index contributed by atoms with van der Waals surface area (Å²) in [5, 5.41) is 25.8. The van der Waals surface area contributed by atoms with Crippen molar-refractivity contribution in [3.8, 4) is 11.5 Å². The van der Waals surface area contributed by atoms with Crippen molar-refractivity contribution in [2.75, 3.05) is 6.79 Å². The van der Waals surface area contributed by atoms with E-state index in [1.54, 1.807) is 13.0 Å². The van der Waals surface area contributed by atoms with Crippen LogP contribution in [0.5, 0.6) is 11.5 Å². The van der Waals surface area contributed by atoms with E-state index in [0.717, 1.165) is 6.92 Å². The van der Waals surface area contributed by atoms with Crippen LogP contribution in [-0.2, 0) is 54.5 Å². The fraction of sp³-hybridized carbons (Fsp3) is 0.474. The van der Waals surface area contributed by atoms with Gasteiger partial charge in [0.15, 0.2) is 18.1 Å². The summed E-state index contributed by atoms with van der Waals surface area (Å²) in [5.74, 6) is -15.0. The molecular formula is C38H42B2F4N2O15. The second kappa shape index (κ2) is 19.7. The molecule has 2 aliphatic rings. The highest BCUT2D eigenvalue weighted by Crippen LogP contribution is 2.34. The number of hydrogen-bond acceptors (Lipinski definition) is 15. The number of hydrogen-bond donors (Lipinski definition) is 4. The predicted molar refractivity (Wildman–Crippen MR) is 201 cm³/mol. The normalized spacial score (nSPS) is 16.5. The quantitative estimate of drug-likeness (QED) is 0.0621. The molecule has 23 heteroatoms. The van der Waals surface area contributed by atoms with E-state index in [0.29, 0.717) is 18.1 Å². The van der Waals surface area contributed by atoms with Crippen molar-refractivity contribution < 1.29 is 83.9 Å². The first-order valence-corrected chi connectivity index (χ1v) is 19.0. The van der Waals surface area contributed by atoms with E-state index < -0.39 is 119 Å². The number of ether oxygens (including phenoxy) is 3. The monoisotopic (exact) mass is 864 g/mol. The molecule has 4 N–H and O–H groups in total. The Hall–Kier alpha value is -5.83. The maximum absolute atomic E-state index is 15.0. The fourth-order valence-electron chi connectivity index (χ4n) is 6.59. The minimum absolute atomic E-state index is 0.00402. The van der Waals surface area contributed by atoms with Crippen LogP contribution >= 0.6 is 0 Å². The Morgan fingerprint density at radius 1 is 0.820 bits per heavy atom. The Labute approximate surface area is 345 Å². The molecule has 61 heavy (non-hydrogen) atoms. The zero-order valence-corrected chi connectivity index (χ0v) is 33.1. The van der Waals surface area contributed by atoms with Gasteiger partial charge in [-0.2, -0.15) is 0 Å². The van der Waals surface area contributed by atoms with E-state index in [1.165, 1.54) is 30.3 Å². The van der Waals surface area contributed by atoms with Gasteiger partial charge in [-0.3, -0.25) is 14.4 Å². The van der Waals surface area contributed by atoms with Gasteiger partial charge >= 0.3 is 38.0 Å². The number of alkyl halides is 4. The van der Waals surface area contributed by atoms with Gasteiger partial charge in [-0.15, -0.1) is 0 Å². The molecule has 2 aliphatic heterocycles. The summed E-state index contributed by atoms with van der Waals surface area (Å²) in [4.78, 5) is 73.2. The Kier molecular flexibility index (Phi) is 14.9. The molecule has 3 atom stereocenters. The molecule has 0 radical (unpaired) electrons. The minimum Gasteiger partial charge on any atom is -0.534 e. The summed E-state index contributed by atoms with van der Waals surface area (Å²) < 4.78 is 92.3. The topological polar surface area (TPSA) is 239 Å². The molecule has 0 saturated carbocycles. The number of carbonyl (C=O) groups is 5. The van der Waals surface area contributed by atoms with Crippen molar-refractivity contribution in [3.05, 3.63) is 80.8 Å². The zero-order valence-electron chi connectivity index (χ0n) is 33.1. The molecule has 2 amide bonds. The molecule has 17 nitrogen and oxygen atoms in total. The SMILES string of the molecule is CC(=O)OCOC(=O)c1cccc2c1OB(O)[C@@H](NC(=O)CCC(F)(F)CCC(C)Cc1oc(=O)oc1COC(=O)c1cccc3c1OB(O)[C@@H](NC(=O)CC(C)(F)F)C3)C2. The Bertz CT molecular complexity index is 2160. The summed E-state index contributed by atoms with van der Waals surface area (Å²) in [6.07, 6.45) is -3.39. The highest BCUT2D eigenvalue weighted by Gasteiger charge is 2.41. The number of para-hydroxylation sites is 2. The van der Waals surface area contributed by atoms with Gasteiger partial charge in [0, 0.05) is 32.6 Å². The lowest BCUT2D eigenvalue weighted by Crippen LogP contribution is -2.53. The van der Waals surface area contributed by atoms with Gasteiger partial charge in [0.05, 0.1) is 18.3 Å². The molecule has 0 bridgehead atoms. The maximum Gasteiger partial charge on any atom is 0.547 e. The molecule has 0 spiro atoms. The van der Waals surface area contributed by atoms with E-state index in [2.05, 4.69) is 15.4 Å². The summed E-state index contributed by atoms with van der Waals surface area (Å²) in [6.45, 7) is 2.07. The molecule has 0 saturated heterocycles. The number of fused-ring (bicyclic) bond motifs is 2. The van der Waals surface area contributed by atoms with Crippen LogP contribution in [0.25, 0.3) is 0 Å². The molecular weight excluding hydrogens is 822 g/mol. The summed E-state index contributed by atoms with van der Waals surface area (Å²) in [5.41, 5.74) is 0.573. The second-order valence-electron chi connectivity index (χ2n) is 14.9. The van der Waals surface area contributed by atoms with E-state index >= 15 is 0 Å². The lowest BCUT2D eigenvalue weighted by Gasteiger charge is -2.29. The second-order valence-corrected chi connectivity index (χ2v) is 14.9. The first kappa shape index (κ1) is 46.2. The number of amides is 2. The van der Waals surface area contributed by atoms with Crippen molar-refractivity contribution in [2.24, 2.45) is 5.92 Å². The highest BCUT2D eigenvalue weighted by atomic mass is 19.3. The van der Waals surface area contributed by atoms with Crippen molar-refractivity contribution in [2.45, 2.75) is 102 Å². The number of halogens is 4. The van der Waals surface area contributed by atoms with Crippen molar-refractivity contribution >= 4 is 44.0 Å². The first-order chi connectivity index (χ1) is 28.7. The molecule has 1 unspecified atom stereocenters. The van der Waals surface area contributed by atoms with Gasteiger partial charge in [-0.1, -0.05) is 31.2 Å². The maximum atomic E-state index is 15.0. The van der Waals surface area contributed by atoms with E-state index in [-0.39, 0.29) is 59.8 Å². The summed E-state index contributed by atoms with van der Waals surface area (Å²) in [7, 11) is -3.32. The lowest BCUT2D eigenvalue weighted by atomic mass is 9.72. The van der Waals surface area contributed by atoms with Crippen LogP contribution in [0.15, 0.2) is 50.0 Å². The van der Waals surface area contributed by atoms with E-state index in [9.17, 15) is 56.4 Å². The Morgan fingerprint density at radius 2 is 1.36 bits per heavy atom. The van der Waals surface area contributed by atoms with Crippen LogP contribution in [0, 0.1) is 5.92 Å². The third-order valence-corrected chi connectivity index (χ3v) is 9.61. The van der Waals surface area contributed by atoms with E-state index in [1.807, 2.05) is 0 Å². The molecule has 3 aromatic rings. The molecule has 1 aromatic heterocycles. The molecule has 2 aromatic carbocycles. The lowest BCUT2D eigenvalue weighted by molar-refractivity contribution is -0.149. The van der Waals surface area contributed by atoms with Crippen LogP contribution in [-0.4, -0.2) is 84.5 Å². The van der Waals surface area contributed by atoms with Crippen molar-refractivity contribution in [3.63, 3.8) is 0 Å². The summed E-state index contributed by atoms with van der Waals surface area (Å²) >= 11 is 0. The molecule has 0 aliphatic carbocycles. The molecule has 0 fully saturated rings. The first-order valence-electron chi connectivity index (χ1n) is 19.0. The van der Waals surface area contributed by atoms with Crippen LogP contribution in [0.3, 0.4) is 0 Å². The number of esters is 3. The van der Waals surface area contributed by atoms with Gasteiger partial charge in [0.25, 0.3) is 5.92 Å². The van der Waals surface area contributed by atoms with Gasteiger partial charge in [0.2, 0.25) is 24.5 Å². The zero-order chi connectivity index (χ0) is 44.6. The Morgan fingerprint density at radius 3 is 1.92 bits per heavy atom. The highest BCUT2D eigenvalue weighted by molar-refractivity contribution is 6.47. The number of nitrogens with one attached hydrogen (secondary N) is 2. The largest absolute Gasteiger partial charge is 0.547 e. The van der Waals surface area contributed by atoms with Crippen molar-refractivity contribution in [1.29, 1.82) is 0 Å². The molecule has 3 heterocycles. The summed E-state index contributed by atoms with van der Waals surface area (Å²) in [6, 6.07) is 8.77. The standard InChI is InChI=1S/C38H42B2F4N2O15/c1-20(10-12-38(43,44)13-11-30(48)45-28-15-22-7-5-9-25(33(22)61-39(28)53)35(51)57-19-56-21(2)47)14-26-27(59-36(52)58-26)18-55-34(50)24-8-4-6-23-16-29(40(54)60-32(23)24)46-31(49)17-37(3,41)42/h4-9,20,28-29,53-54H,10-19H2,1-3H3,(H,45,48)(H,46,49)/t20?,28-,29-/m0/s1. The minimum atomic E-state index is -3.29. The number of carbonyl (C=O) groups excluding carboxylic acids is 5.